The molecule has 2 fully saturated rings. The average Bonchev–Trinajstić information content (AvgIpc) is 3.37. The first-order valence-corrected chi connectivity index (χ1v) is 13.2. The largest absolute Gasteiger partial charge is 0.495 e. The molecule has 0 radical (unpaired) electrons. The summed E-state index contributed by atoms with van der Waals surface area (Å²) in [5, 5.41) is 11.7. The summed E-state index contributed by atoms with van der Waals surface area (Å²) in [6.07, 6.45) is -0.378. The maximum Gasteiger partial charge on any atom is 0.419 e. The Bertz CT molecular complexity index is 1520. The molecule has 1 saturated heterocycles. The maximum absolute atomic E-state index is 14.8. The number of nitrogens with one attached hydrogen (secondary N) is 1. The van der Waals surface area contributed by atoms with Gasteiger partial charge in [0.15, 0.2) is 0 Å². The van der Waals surface area contributed by atoms with Gasteiger partial charge >= 0.3 is 6.18 Å². The standard InChI is InChI=1S/C29H30F3N5O3/c1-15(2)28(39)37-12-17-5-6-18(13-37)23(17)20-14-36(3)26-24(20)25(29(30,31)32)21(11-34-26)35-27(38)16-7-8-22(40-4)19(9-16)10-33/h7-9,11,14-15,17-18,23H,5-6,12-13H2,1-4H3,(H,35,38)/t17-,18+,23-. The number of benzene rings is 1. The number of amides is 2. The quantitative estimate of drug-likeness (QED) is 0.460. The number of likely N-dealkylation sites (tertiary alicyclic amines) is 1. The van der Waals surface area contributed by atoms with E-state index in [9.17, 15) is 28.0 Å². The predicted octanol–water partition coefficient (Wildman–Crippen LogP) is 5.33. The first-order chi connectivity index (χ1) is 18.9. The molecule has 3 atom stereocenters. The number of nitrogens with zero attached hydrogens (tertiary/aromatic N) is 4. The normalized spacial score (nSPS) is 20.6. The van der Waals surface area contributed by atoms with Crippen LogP contribution in [0, 0.1) is 29.1 Å². The second kappa shape index (κ2) is 10.2. The Morgan fingerprint density at radius 2 is 1.88 bits per heavy atom. The van der Waals surface area contributed by atoms with Gasteiger partial charge in [-0.3, -0.25) is 9.59 Å². The number of hydrogen-bond donors (Lipinski definition) is 1. The number of carbonyl (C=O) groups is 2. The number of aromatic nitrogens is 2. The molecule has 40 heavy (non-hydrogen) atoms. The van der Waals surface area contributed by atoms with Gasteiger partial charge in [-0.1, -0.05) is 13.8 Å². The minimum absolute atomic E-state index is 0.0130. The number of alkyl halides is 3. The summed E-state index contributed by atoms with van der Waals surface area (Å²) in [6, 6.07) is 5.99. The lowest BCUT2D eigenvalue weighted by molar-refractivity contribution is -0.137. The van der Waals surface area contributed by atoms with E-state index in [2.05, 4.69) is 10.3 Å². The van der Waals surface area contributed by atoms with Gasteiger partial charge in [-0.05, 0) is 54.4 Å². The molecule has 2 aliphatic rings. The number of hydrogen-bond acceptors (Lipinski definition) is 5. The molecule has 1 saturated carbocycles. The number of nitriles is 1. The summed E-state index contributed by atoms with van der Waals surface area (Å²) in [7, 11) is 3.04. The van der Waals surface area contributed by atoms with E-state index in [0.29, 0.717) is 18.7 Å². The SMILES string of the molecule is COc1ccc(C(=O)Nc2cnc3c(c([C@@H]4[C@@H]5CC[C@H]4CN(C(=O)C(C)C)C5)cn3C)c2C(F)(F)F)cc1C#N. The minimum Gasteiger partial charge on any atom is -0.495 e. The molecule has 2 bridgehead atoms. The van der Waals surface area contributed by atoms with Crippen LogP contribution in [0.3, 0.4) is 0 Å². The molecule has 8 nitrogen and oxygen atoms in total. The van der Waals surface area contributed by atoms with Crippen LogP contribution in [0.25, 0.3) is 11.0 Å². The van der Waals surface area contributed by atoms with Crippen molar-refractivity contribution in [2.24, 2.45) is 24.8 Å². The number of fused-ring (bicyclic) bond motifs is 3. The highest BCUT2D eigenvalue weighted by Gasteiger charge is 2.47. The second-order valence-electron chi connectivity index (χ2n) is 10.9. The van der Waals surface area contributed by atoms with Gasteiger partial charge in [0.2, 0.25) is 5.91 Å². The zero-order valence-electron chi connectivity index (χ0n) is 22.7. The average molecular weight is 554 g/mol. The smallest absolute Gasteiger partial charge is 0.419 e. The van der Waals surface area contributed by atoms with Crippen LogP contribution in [0.5, 0.6) is 5.75 Å². The molecule has 210 valence electrons. The summed E-state index contributed by atoms with van der Waals surface area (Å²) in [4.78, 5) is 31.9. The van der Waals surface area contributed by atoms with E-state index >= 15 is 0 Å². The first-order valence-electron chi connectivity index (χ1n) is 13.2. The number of anilines is 1. The van der Waals surface area contributed by atoms with Crippen molar-refractivity contribution in [3.05, 3.63) is 52.8 Å². The molecule has 11 heteroatoms. The van der Waals surface area contributed by atoms with Gasteiger partial charge in [0, 0.05) is 43.2 Å². The van der Waals surface area contributed by atoms with Crippen molar-refractivity contribution in [3.8, 4) is 11.8 Å². The summed E-state index contributed by atoms with van der Waals surface area (Å²) in [5.41, 5.74) is -0.575. The number of methoxy groups -OCH3 is 1. The Morgan fingerprint density at radius 3 is 2.45 bits per heavy atom. The number of halogens is 3. The Hall–Kier alpha value is -4.07. The molecule has 0 spiro atoms. The first kappa shape index (κ1) is 27.5. The van der Waals surface area contributed by atoms with Crippen molar-refractivity contribution >= 4 is 28.5 Å². The Balaban J connectivity index is 1.57. The summed E-state index contributed by atoms with van der Waals surface area (Å²) in [6.45, 7) is 4.73. The summed E-state index contributed by atoms with van der Waals surface area (Å²) >= 11 is 0. The number of carbonyl (C=O) groups excluding carboxylic acids is 2. The second-order valence-corrected chi connectivity index (χ2v) is 10.9. The molecule has 1 aromatic carbocycles. The van der Waals surface area contributed by atoms with Crippen LogP contribution < -0.4 is 10.1 Å². The highest BCUT2D eigenvalue weighted by Crippen LogP contribution is 2.52. The van der Waals surface area contributed by atoms with Crippen LogP contribution in [-0.2, 0) is 18.0 Å². The van der Waals surface area contributed by atoms with Crippen molar-refractivity contribution in [1.29, 1.82) is 5.26 Å². The number of pyridine rings is 1. The van der Waals surface area contributed by atoms with E-state index < -0.39 is 23.3 Å². The fourth-order valence-electron chi connectivity index (χ4n) is 6.42. The Labute approximate surface area is 229 Å². The van der Waals surface area contributed by atoms with Gasteiger partial charge in [0.25, 0.3) is 5.91 Å². The van der Waals surface area contributed by atoms with Crippen LogP contribution in [-0.4, -0.2) is 46.5 Å². The van der Waals surface area contributed by atoms with E-state index in [-0.39, 0.29) is 57.5 Å². The van der Waals surface area contributed by atoms with Crippen molar-refractivity contribution in [2.75, 3.05) is 25.5 Å². The number of rotatable bonds is 5. The van der Waals surface area contributed by atoms with E-state index in [1.165, 1.54) is 25.3 Å². The fourth-order valence-corrected chi connectivity index (χ4v) is 6.42. The lowest BCUT2D eigenvalue weighted by Crippen LogP contribution is -2.45. The molecule has 1 aliphatic heterocycles. The van der Waals surface area contributed by atoms with Crippen molar-refractivity contribution in [2.45, 2.75) is 38.8 Å². The third-order valence-corrected chi connectivity index (χ3v) is 8.13. The zero-order chi connectivity index (χ0) is 28.9. The van der Waals surface area contributed by atoms with E-state index in [0.717, 1.165) is 19.0 Å². The molecule has 3 heterocycles. The molecule has 5 rings (SSSR count). The fraction of sp³-hybridized carbons (Fsp3) is 0.448. The molecular weight excluding hydrogens is 523 g/mol. The van der Waals surface area contributed by atoms with Gasteiger partial charge in [-0.15, -0.1) is 0 Å². The molecule has 1 N–H and O–H groups in total. The van der Waals surface area contributed by atoms with Crippen LogP contribution in [0.4, 0.5) is 18.9 Å². The third kappa shape index (κ3) is 4.65. The lowest BCUT2D eigenvalue weighted by Gasteiger charge is -2.39. The van der Waals surface area contributed by atoms with E-state index in [1.807, 2.05) is 24.8 Å². The topological polar surface area (TPSA) is 100 Å². The lowest BCUT2D eigenvalue weighted by atomic mass is 9.79. The predicted molar refractivity (Wildman–Crippen MR) is 142 cm³/mol. The van der Waals surface area contributed by atoms with Crippen LogP contribution in [0.15, 0.2) is 30.6 Å². The highest BCUT2D eigenvalue weighted by atomic mass is 19.4. The van der Waals surface area contributed by atoms with Crippen LogP contribution in [0.1, 0.15) is 59.7 Å². The van der Waals surface area contributed by atoms with E-state index in [4.69, 9.17) is 4.74 Å². The van der Waals surface area contributed by atoms with E-state index in [1.54, 1.807) is 17.8 Å². The molecule has 2 amide bonds. The van der Waals surface area contributed by atoms with Crippen molar-refractivity contribution in [1.82, 2.24) is 14.5 Å². The molecule has 1 aliphatic carbocycles. The molecule has 3 aromatic rings. The summed E-state index contributed by atoms with van der Waals surface area (Å²) < 4.78 is 51.0. The van der Waals surface area contributed by atoms with Crippen LogP contribution >= 0.6 is 0 Å². The van der Waals surface area contributed by atoms with Crippen LogP contribution in [0.2, 0.25) is 0 Å². The highest BCUT2D eigenvalue weighted by molar-refractivity contribution is 6.06. The third-order valence-electron chi connectivity index (χ3n) is 8.13. The van der Waals surface area contributed by atoms with Crippen molar-refractivity contribution in [3.63, 3.8) is 0 Å². The maximum atomic E-state index is 14.8. The van der Waals surface area contributed by atoms with Gasteiger partial charge in [-0.2, -0.15) is 18.4 Å². The number of piperidine rings is 1. The van der Waals surface area contributed by atoms with Crippen molar-refractivity contribution < 1.29 is 27.5 Å². The number of ether oxygens (including phenoxy) is 1. The minimum atomic E-state index is -4.79. The molecule has 2 aromatic heterocycles. The molecular formula is C29H30F3N5O3. The number of aryl methyl sites for hydroxylation is 1. The van der Waals surface area contributed by atoms with Gasteiger partial charge < -0.3 is 19.5 Å². The Morgan fingerprint density at radius 1 is 1.20 bits per heavy atom. The van der Waals surface area contributed by atoms with Gasteiger partial charge in [0.05, 0.1) is 30.1 Å². The van der Waals surface area contributed by atoms with Gasteiger partial charge in [0.1, 0.15) is 17.5 Å². The monoisotopic (exact) mass is 553 g/mol. The Kier molecular flexibility index (Phi) is 6.98. The zero-order valence-corrected chi connectivity index (χ0v) is 22.7. The molecule has 0 unspecified atom stereocenters. The summed E-state index contributed by atoms with van der Waals surface area (Å²) in [5.74, 6) is -0.713. The van der Waals surface area contributed by atoms with Gasteiger partial charge in [-0.25, -0.2) is 4.98 Å².